The van der Waals surface area contributed by atoms with E-state index in [-0.39, 0.29) is 12.1 Å². The van der Waals surface area contributed by atoms with Crippen LogP contribution in [0.2, 0.25) is 0 Å². The second-order valence-corrected chi connectivity index (χ2v) is 4.52. The Balaban J connectivity index is 2.76. The molecule has 1 aromatic rings. The monoisotopic (exact) mass is 240 g/mol. The van der Waals surface area contributed by atoms with Gasteiger partial charge in [-0.1, -0.05) is 0 Å². The van der Waals surface area contributed by atoms with Crippen molar-refractivity contribution < 1.29 is 13.9 Å². The maximum Gasteiger partial charge on any atom is 0.254 e. The number of hydrogen-bond donors (Lipinski definition) is 2. The number of carbonyl (C=O) groups excluding carboxylic acids is 1. The number of ether oxygens (including phenoxy) is 1. The SMILES string of the molecule is COc1ccc(C(=O)NCC(C)(C)N)c(F)c1. The molecule has 0 heterocycles. The molecule has 1 rings (SSSR count). The summed E-state index contributed by atoms with van der Waals surface area (Å²) < 4.78 is 18.4. The summed E-state index contributed by atoms with van der Waals surface area (Å²) in [6.07, 6.45) is 0. The smallest absolute Gasteiger partial charge is 0.254 e. The van der Waals surface area contributed by atoms with E-state index in [2.05, 4.69) is 5.32 Å². The molecule has 17 heavy (non-hydrogen) atoms. The first-order valence-electron chi connectivity index (χ1n) is 5.24. The van der Waals surface area contributed by atoms with Crippen LogP contribution in [0.15, 0.2) is 18.2 Å². The fourth-order valence-corrected chi connectivity index (χ4v) is 1.21. The molecular formula is C12H17FN2O2. The van der Waals surface area contributed by atoms with E-state index in [1.807, 2.05) is 0 Å². The molecule has 5 heteroatoms. The van der Waals surface area contributed by atoms with Gasteiger partial charge in [-0.25, -0.2) is 4.39 Å². The van der Waals surface area contributed by atoms with E-state index >= 15 is 0 Å². The zero-order chi connectivity index (χ0) is 13.1. The van der Waals surface area contributed by atoms with E-state index in [1.54, 1.807) is 13.8 Å². The van der Waals surface area contributed by atoms with E-state index in [4.69, 9.17) is 10.5 Å². The lowest BCUT2D eigenvalue weighted by Crippen LogP contribution is -2.45. The number of nitrogens with one attached hydrogen (secondary N) is 1. The molecule has 3 N–H and O–H groups in total. The van der Waals surface area contributed by atoms with Crippen molar-refractivity contribution in [2.45, 2.75) is 19.4 Å². The van der Waals surface area contributed by atoms with Crippen LogP contribution in [0.3, 0.4) is 0 Å². The van der Waals surface area contributed by atoms with E-state index in [1.165, 1.54) is 25.3 Å². The van der Waals surface area contributed by atoms with Gasteiger partial charge in [-0.3, -0.25) is 4.79 Å². The average Bonchev–Trinajstić information content (AvgIpc) is 2.24. The number of methoxy groups -OCH3 is 1. The van der Waals surface area contributed by atoms with Crippen LogP contribution >= 0.6 is 0 Å². The first-order chi connectivity index (χ1) is 7.83. The molecule has 0 fully saturated rings. The second-order valence-electron chi connectivity index (χ2n) is 4.52. The van der Waals surface area contributed by atoms with E-state index in [0.717, 1.165) is 0 Å². The summed E-state index contributed by atoms with van der Waals surface area (Å²) in [6, 6.07) is 4.08. The number of rotatable bonds is 4. The highest BCUT2D eigenvalue weighted by Gasteiger charge is 2.16. The van der Waals surface area contributed by atoms with Crippen molar-refractivity contribution in [1.82, 2.24) is 5.32 Å². The third-order valence-electron chi connectivity index (χ3n) is 2.13. The maximum atomic E-state index is 13.5. The van der Waals surface area contributed by atoms with Crippen molar-refractivity contribution in [1.29, 1.82) is 0 Å². The zero-order valence-electron chi connectivity index (χ0n) is 10.2. The lowest BCUT2D eigenvalue weighted by atomic mass is 10.1. The molecule has 0 aliphatic heterocycles. The first-order valence-corrected chi connectivity index (χ1v) is 5.24. The first kappa shape index (κ1) is 13.4. The normalized spacial score (nSPS) is 11.1. The van der Waals surface area contributed by atoms with Crippen molar-refractivity contribution in [2.24, 2.45) is 5.73 Å². The van der Waals surface area contributed by atoms with Crippen molar-refractivity contribution >= 4 is 5.91 Å². The Morgan fingerprint density at radius 2 is 2.18 bits per heavy atom. The molecule has 0 unspecified atom stereocenters. The van der Waals surface area contributed by atoms with Gasteiger partial charge in [-0.2, -0.15) is 0 Å². The molecule has 4 nitrogen and oxygen atoms in total. The lowest BCUT2D eigenvalue weighted by molar-refractivity contribution is 0.0942. The predicted octanol–water partition coefficient (Wildman–Crippen LogP) is 1.30. The number of nitrogens with two attached hydrogens (primary N) is 1. The molecule has 94 valence electrons. The molecule has 0 aliphatic carbocycles. The zero-order valence-corrected chi connectivity index (χ0v) is 10.2. The summed E-state index contributed by atoms with van der Waals surface area (Å²) in [6.45, 7) is 3.83. The van der Waals surface area contributed by atoms with Crippen LogP contribution in [0.5, 0.6) is 5.75 Å². The van der Waals surface area contributed by atoms with E-state index in [9.17, 15) is 9.18 Å². The van der Waals surface area contributed by atoms with Gasteiger partial charge < -0.3 is 15.8 Å². The fourth-order valence-electron chi connectivity index (χ4n) is 1.21. The van der Waals surface area contributed by atoms with E-state index < -0.39 is 17.3 Å². The van der Waals surface area contributed by atoms with Gasteiger partial charge in [0.2, 0.25) is 0 Å². The summed E-state index contributed by atoms with van der Waals surface area (Å²) in [5, 5.41) is 2.57. The highest BCUT2D eigenvalue weighted by atomic mass is 19.1. The third kappa shape index (κ3) is 4.03. The van der Waals surface area contributed by atoms with Crippen LogP contribution in [-0.2, 0) is 0 Å². The minimum Gasteiger partial charge on any atom is -0.497 e. The molecule has 0 aromatic heterocycles. The second kappa shape index (κ2) is 5.14. The summed E-state index contributed by atoms with van der Waals surface area (Å²) in [5.74, 6) is -0.724. The standard InChI is InChI=1S/C12H17FN2O2/c1-12(2,14)7-15-11(16)9-5-4-8(17-3)6-10(9)13/h4-6H,7,14H2,1-3H3,(H,15,16). The maximum absolute atomic E-state index is 13.5. The quantitative estimate of drug-likeness (QED) is 0.833. The molecule has 0 spiro atoms. The predicted molar refractivity (Wildman–Crippen MR) is 63.6 cm³/mol. The Labute approximate surface area is 100.0 Å². The van der Waals surface area contributed by atoms with Crippen molar-refractivity contribution in [3.05, 3.63) is 29.6 Å². The Morgan fingerprint density at radius 1 is 1.53 bits per heavy atom. The number of amides is 1. The number of benzene rings is 1. The lowest BCUT2D eigenvalue weighted by Gasteiger charge is -2.19. The molecule has 1 aromatic carbocycles. The van der Waals surface area contributed by atoms with E-state index in [0.29, 0.717) is 5.75 Å². The number of hydrogen-bond acceptors (Lipinski definition) is 3. The summed E-state index contributed by atoms with van der Waals surface area (Å²) in [4.78, 5) is 11.7. The topological polar surface area (TPSA) is 64.3 Å². The Morgan fingerprint density at radius 3 is 2.65 bits per heavy atom. The molecule has 0 saturated carbocycles. The number of halogens is 1. The summed E-state index contributed by atoms with van der Waals surface area (Å²) >= 11 is 0. The van der Waals surface area contributed by atoms with Gasteiger partial charge in [-0.15, -0.1) is 0 Å². The summed E-state index contributed by atoms with van der Waals surface area (Å²) in [5.41, 5.74) is 5.17. The minimum absolute atomic E-state index is 0.0185. The molecular weight excluding hydrogens is 223 g/mol. The largest absolute Gasteiger partial charge is 0.497 e. The van der Waals surface area contributed by atoms with Crippen LogP contribution in [0, 0.1) is 5.82 Å². The highest BCUT2D eigenvalue weighted by Crippen LogP contribution is 2.16. The van der Waals surface area contributed by atoms with Gasteiger partial charge in [0.05, 0.1) is 12.7 Å². The van der Waals surface area contributed by atoms with Gasteiger partial charge in [0, 0.05) is 18.2 Å². The molecule has 0 bridgehead atoms. The number of carbonyl (C=O) groups is 1. The highest BCUT2D eigenvalue weighted by molar-refractivity contribution is 5.94. The van der Waals surface area contributed by atoms with Gasteiger partial charge >= 0.3 is 0 Å². The van der Waals surface area contributed by atoms with Crippen LogP contribution in [-0.4, -0.2) is 25.1 Å². The van der Waals surface area contributed by atoms with Crippen LogP contribution in [0.1, 0.15) is 24.2 Å². The summed E-state index contributed by atoms with van der Waals surface area (Å²) in [7, 11) is 1.44. The van der Waals surface area contributed by atoms with Gasteiger partial charge in [0.15, 0.2) is 0 Å². The van der Waals surface area contributed by atoms with Crippen molar-refractivity contribution in [2.75, 3.05) is 13.7 Å². The Kier molecular flexibility index (Phi) is 4.07. The fraction of sp³-hybridized carbons (Fsp3) is 0.417. The van der Waals surface area contributed by atoms with Crippen molar-refractivity contribution in [3.63, 3.8) is 0 Å². The van der Waals surface area contributed by atoms with Crippen molar-refractivity contribution in [3.8, 4) is 5.75 Å². The molecule has 0 radical (unpaired) electrons. The van der Waals surface area contributed by atoms with Crippen LogP contribution in [0.25, 0.3) is 0 Å². The molecule has 1 amide bonds. The van der Waals surface area contributed by atoms with Crippen LogP contribution < -0.4 is 15.8 Å². The Bertz CT molecular complexity index is 413. The van der Waals surface area contributed by atoms with Gasteiger partial charge in [0.1, 0.15) is 11.6 Å². The molecule has 0 saturated heterocycles. The minimum atomic E-state index is -0.614. The molecule has 0 atom stereocenters. The average molecular weight is 240 g/mol. The van der Waals surface area contributed by atoms with Gasteiger partial charge in [0.25, 0.3) is 5.91 Å². The Hall–Kier alpha value is -1.62. The van der Waals surface area contributed by atoms with Crippen LogP contribution in [0.4, 0.5) is 4.39 Å². The van der Waals surface area contributed by atoms with Gasteiger partial charge in [-0.05, 0) is 26.0 Å². The molecule has 0 aliphatic rings. The third-order valence-corrected chi connectivity index (χ3v) is 2.13.